The molecular weight excluding hydrogens is 486 g/mol. The molecule has 0 aromatic heterocycles. The lowest BCUT2D eigenvalue weighted by Gasteiger charge is -2.28. The van der Waals surface area contributed by atoms with Gasteiger partial charge in [0.05, 0.1) is 34.6 Å². The van der Waals surface area contributed by atoms with Crippen molar-refractivity contribution in [3.8, 4) is 11.1 Å². The van der Waals surface area contributed by atoms with Crippen LogP contribution in [-0.2, 0) is 9.53 Å². The Bertz CT molecular complexity index is 1240. The minimum atomic E-state index is -0.605. The Morgan fingerprint density at radius 1 is 1.17 bits per heavy atom. The van der Waals surface area contributed by atoms with E-state index in [1.807, 2.05) is 42.6 Å². The van der Waals surface area contributed by atoms with Crippen LogP contribution in [0.2, 0.25) is 5.02 Å². The number of likely N-dealkylation sites (N-methyl/N-ethyl adjacent to an activating group) is 1. The van der Waals surface area contributed by atoms with Gasteiger partial charge in [0.2, 0.25) is 0 Å². The molecule has 2 fully saturated rings. The molecule has 35 heavy (non-hydrogen) atoms. The summed E-state index contributed by atoms with van der Waals surface area (Å²) in [4.78, 5) is 30.7. The summed E-state index contributed by atoms with van der Waals surface area (Å²) in [7, 11) is 2.07. The highest BCUT2D eigenvalue weighted by Crippen LogP contribution is 2.41. The number of amides is 2. The van der Waals surface area contributed by atoms with E-state index < -0.39 is 6.04 Å². The topological polar surface area (TPSA) is 94.2 Å². The van der Waals surface area contributed by atoms with Crippen LogP contribution in [0.15, 0.2) is 42.5 Å². The molecule has 2 amide bonds. The van der Waals surface area contributed by atoms with E-state index in [0.717, 1.165) is 11.1 Å². The first-order chi connectivity index (χ1) is 16.8. The Kier molecular flexibility index (Phi) is 5.65. The standard InChI is InChI=1S/C25H26ClN5O3S/c1-13-29(2)20(22(27)35-13)21-25(34-21)30-9-10-31-19(12-30)23(32)28-18-8-5-15(11-17(18)24(31)33)14-3-6-16(26)7-4-14/h3-9,11,13,19-22,25H,10,12,27H2,1-2H3/p+1. The largest absolute Gasteiger partial charge is 0.323 e. The highest BCUT2D eigenvalue weighted by atomic mass is 35.5. The van der Waals surface area contributed by atoms with Crippen LogP contribution in [-0.4, -0.2) is 87.7 Å². The minimum Gasteiger partial charge on any atom is -0.323 e. The summed E-state index contributed by atoms with van der Waals surface area (Å²) in [5.74, 6) is -0.350. The molecule has 4 aliphatic heterocycles. The summed E-state index contributed by atoms with van der Waals surface area (Å²) >= 11 is 7.76. The summed E-state index contributed by atoms with van der Waals surface area (Å²) in [6.07, 6.45) is 1.82. The maximum atomic E-state index is 13.6. The number of carbonyl (C=O) groups excluding carboxylic acids is 2. The van der Waals surface area contributed by atoms with Crippen molar-refractivity contribution in [1.29, 1.82) is 0 Å². The van der Waals surface area contributed by atoms with Crippen molar-refractivity contribution in [3.05, 3.63) is 53.1 Å². The summed E-state index contributed by atoms with van der Waals surface area (Å²) in [5, 5.41) is 3.94. The Balaban J connectivity index is 1.24. The van der Waals surface area contributed by atoms with Gasteiger partial charge < -0.3 is 20.7 Å². The number of nitrogens with two attached hydrogens (primary N) is 1. The van der Waals surface area contributed by atoms with Gasteiger partial charge in [0.1, 0.15) is 0 Å². The molecule has 2 aromatic rings. The van der Waals surface area contributed by atoms with Crippen LogP contribution in [0.25, 0.3) is 11.1 Å². The zero-order valence-corrected chi connectivity index (χ0v) is 21.0. The van der Waals surface area contributed by atoms with Crippen molar-refractivity contribution in [2.75, 3.05) is 25.5 Å². The Hall–Kier alpha value is -2.43. The van der Waals surface area contributed by atoms with E-state index in [2.05, 4.69) is 28.8 Å². The molecule has 4 heterocycles. The number of halogens is 1. The third kappa shape index (κ3) is 3.95. The summed E-state index contributed by atoms with van der Waals surface area (Å²) in [5.41, 5.74) is 9.22. The maximum Gasteiger partial charge on any atom is 0.286 e. The number of hydrogen-bond donors (Lipinski definition) is 2. The van der Waals surface area contributed by atoms with E-state index in [0.29, 0.717) is 34.7 Å². The molecular formula is C25H27ClN5O3S+. The van der Waals surface area contributed by atoms with Crippen LogP contribution in [0.1, 0.15) is 17.3 Å². The fourth-order valence-corrected chi connectivity index (χ4v) is 6.72. The molecule has 6 atom stereocenters. The van der Waals surface area contributed by atoms with Crippen LogP contribution < -0.4 is 11.1 Å². The first-order valence-electron chi connectivity index (χ1n) is 11.7. The van der Waals surface area contributed by atoms with E-state index >= 15 is 0 Å². The van der Waals surface area contributed by atoms with Crippen LogP contribution in [0.3, 0.4) is 0 Å². The van der Waals surface area contributed by atoms with Crippen LogP contribution in [0.5, 0.6) is 0 Å². The van der Waals surface area contributed by atoms with E-state index in [4.69, 9.17) is 22.1 Å². The number of hydrogen-bond acceptors (Lipinski definition) is 6. The summed E-state index contributed by atoms with van der Waals surface area (Å²) in [6, 6.07) is 12.5. The smallest absolute Gasteiger partial charge is 0.286 e. The summed E-state index contributed by atoms with van der Waals surface area (Å²) < 4.78 is 8.11. The first kappa shape index (κ1) is 23.0. The molecule has 0 spiro atoms. The molecule has 3 N–H and O–H groups in total. The first-order valence-corrected chi connectivity index (χ1v) is 13.0. The lowest BCUT2D eigenvalue weighted by Crippen LogP contribution is -2.55. The fraction of sp³-hybridized carbons (Fsp3) is 0.400. The lowest BCUT2D eigenvalue weighted by atomic mass is 10.0. The zero-order valence-electron chi connectivity index (χ0n) is 19.4. The lowest BCUT2D eigenvalue weighted by molar-refractivity contribution is -0.564. The molecule has 8 nitrogen and oxygen atoms in total. The molecule has 0 saturated carbocycles. The molecule has 0 aliphatic carbocycles. The number of nitrogens with one attached hydrogen (secondary N) is 1. The van der Waals surface area contributed by atoms with Gasteiger partial charge in [-0.2, -0.15) is 0 Å². The van der Waals surface area contributed by atoms with Gasteiger partial charge in [-0.1, -0.05) is 29.8 Å². The quantitative estimate of drug-likeness (QED) is 0.484. The molecule has 182 valence electrons. The number of nitrogens with zero attached hydrogens (tertiary/aromatic N) is 3. The van der Waals surface area contributed by atoms with Crippen molar-refractivity contribution in [1.82, 2.24) is 9.80 Å². The summed E-state index contributed by atoms with van der Waals surface area (Å²) in [6.45, 7) is 2.86. The average Bonchev–Trinajstić information content (AvgIpc) is 3.60. The second kappa shape index (κ2) is 8.60. The van der Waals surface area contributed by atoms with Crippen LogP contribution in [0, 0.1) is 0 Å². The van der Waals surface area contributed by atoms with Gasteiger partial charge in [-0.05, 0) is 49.4 Å². The zero-order chi connectivity index (χ0) is 24.4. The second-order valence-electron chi connectivity index (χ2n) is 9.46. The van der Waals surface area contributed by atoms with E-state index in [9.17, 15) is 9.59 Å². The molecule has 2 saturated heterocycles. The Labute approximate surface area is 213 Å². The second-order valence-corrected chi connectivity index (χ2v) is 11.4. The molecule has 2 aromatic carbocycles. The van der Waals surface area contributed by atoms with Gasteiger partial charge in [-0.3, -0.25) is 14.5 Å². The van der Waals surface area contributed by atoms with Crippen molar-refractivity contribution in [3.63, 3.8) is 0 Å². The van der Waals surface area contributed by atoms with Crippen molar-refractivity contribution >= 4 is 47.1 Å². The number of rotatable bonds is 3. The number of thioether (sulfide) groups is 1. The third-order valence-electron chi connectivity index (χ3n) is 7.42. The number of epoxide rings is 1. The number of ether oxygens (including phenoxy) is 1. The van der Waals surface area contributed by atoms with E-state index in [1.165, 1.54) is 0 Å². The van der Waals surface area contributed by atoms with Gasteiger partial charge in [-0.25, -0.2) is 4.58 Å². The van der Waals surface area contributed by atoms with Gasteiger partial charge in [0.15, 0.2) is 24.9 Å². The van der Waals surface area contributed by atoms with E-state index in [-0.39, 0.29) is 35.6 Å². The van der Waals surface area contributed by atoms with Crippen molar-refractivity contribution in [2.24, 2.45) is 5.73 Å². The minimum absolute atomic E-state index is 0.0149. The number of fused-ring (bicyclic) bond motifs is 2. The van der Waals surface area contributed by atoms with Gasteiger partial charge in [-0.15, -0.1) is 11.8 Å². The Morgan fingerprint density at radius 2 is 1.91 bits per heavy atom. The molecule has 6 unspecified atom stereocenters. The predicted octanol–water partition coefficient (Wildman–Crippen LogP) is 2.27. The average molecular weight is 513 g/mol. The SMILES string of the molecule is CC1SC(N)C(C2OC2[N+]2=CCN3C(=O)c4cc(-c5ccc(Cl)cc5)ccc4NC(=O)C3C2)N1C. The highest BCUT2D eigenvalue weighted by molar-refractivity contribution is 8.00. The van der Waals surface area contributed by atoms with Crippen LogP contribution >= 0.6 is 23.4 Å². The van der Waals surface area contributed by atoms with Crippen LogP contribution in [0.4, 0.5) is 5.69 Å². The Morgan fingerprint density at radius 3 is 2.63 bits per heavy atom. The number of carbonyl (C=O) groups is 2. The number of benzene rings is 2. The highest BCUT2D eigenvalue weighted by Gasteiger charge is 2.60. The third-order valence-corrected chi connectivity index (χ3v) is 8.99. The number of anilines is 1. The molecule has 0 radical (unpaired) electrons. The molecule has 10 heteroatoms. The fourth-order valence-electron chi connectivity index (χ4n) is 5.30. The predicted molar refractivity (Wildman–Crippen MR) is 137 cm³/mol. The van der Waals surface area contributed by atoms with Gasteiger partial charge in [0, 0.05) is 5.02 Å². The maximum absolute atomic E-state index is 13.6. The van der Waals surface area contributed by atoms with Crippen molar-refractivity contribution in [2.45, 2.75) is 42.1 Å². The van der Waals surface area contributed by atoms with Crippen molar-refractivity contribution < 1.29 is 18.9 Å². The van der Waals surface area contributed by atoms with E-state index in [1.54, 1.807) is 22.7 Å². The monoisotopic (exact) mass is 512 g/mol. The molecule has 4 aliphatic rings. The normalized spacial score (nSPS) is 32.5. The van der Waals surface area contributed by atoms with Gasteiger partial charge >= 0.3 is 0 Å². The molecule has 6 rings (SSSR count). The van der Waals surface area contributed by atoms with Gasteiger partial charge in [0.25, 0.3) is 18.0 Å². The molecule has 0 bridgehead atoms.